The van der Waals surface area contributed by atoms with Crippen molar-refractivity contribution in [1.29, 1.82) is 0 Å². The molecular weight excluding hydrogens is 258 g/mol. The maximum Gasteiger partial charge on any atom is 0.122 e. The first-order chi connectivity index (χ1) is 9.16. The van der Waals surface area contributed by atoms with Crippen LogP contribution in [0.15, 0.2) is 18.2 Å². The fourth-order valence-electron chi connectivity index (χ4n) is 2.58. The Morgan fingerprint density at radius 2 is 2.21 bits per heavy atom. The van der Waals surface area contributed by atoms with Crippen molar-refractivity contribution in [2.24, 2.45) is 0 Å². The van der Waals surface area contributed by atoms with Gasteiger partial charge in [0.05, 0.1) is 6.61 Å². The van der Waals surface area contributed by atoms with Gasteiger partial charge in [-0.15, -0.1) is 0 Å². The molecule has 0 saturated carbocycles. The minimum absolute atomic E-state index is 0.432. The molecule has 1 aliphatic rings. The number of hydrogen-bond donors (Lipinski definition) is 1. The van der Waals surface area contributed by atoms with Gasteiger partial charge in [0.1, 0.15) is 5.75 Å². The number of rotatable bonds is 5. The predicted molar refractivity (Wildman–Crippen MR) is 81.3 cm³/mol. The second-order valence-electron chi connectivity index (χ2n) is 5.62. The first-order valence-corrected chi connectivity index (χ1v) is 7.70. The molecule has 1 aliphatic heterocycles. The van der Waals surface area contributed by atoms with E-state index in [1.54, 1.807) is 0 Å². The predicted octanol–water partition coefficient (Wildman–Crippen LogP) is 4.37. The van der Waals surface area contributed by atoms with Crippen molar-refractivity contribution in [3.05, 3.63) is 28.8 Å². The number of benzene rings is 1. The Morgan fingerprint density at radius 1 is 1.37 bits per heavy atom. The number of piperidine rings is 1. The highest BCUT2D eigenvalue weighted by molar-refractivity contribution is 6.30. The molecule has 2 nitrogen and oxygen atoms in total. The number of halogens is 1. The van der Waals surface area contributed by atoms with Crippen LogP contribution in [0.5, 0.6) is 5.75 Å². The van der Waals surface area contributed by atoms with Gasteiger partial charge in [-0.2, -0.15) is 0 Å². The normalized spacial score (nSPS) is 19.7. The summed E-state index contributed by atoms with van der Waals surface area (Å²) in [5.74, 6) is 1.41. The Balaban J connectivity index is 1.88. The molecule has 19 heavy (non-hydrogen) atoms. The Morgan fingerprint density at radius 3 is 2.89 bits per heavy atom. The zero-order valence-corrected chi connectivity index (χ0v) is 12.7. The second-order valence-corrected chi connectivity index (χ2v) is 6.06. The third-order valence-electron chi connectivity index (χ3n) is 3.73. The molecule has 106 valence electrons. The molecule has 1 N–H and O–H groups in total. The van der Waals surface area contributed by atoms with Gasteiger partial charge in [-0.25, -0.2) is 0 Å². The molecule has 0 spiro atoms. The minimum Gasteiger partial charge on any atom is -0.493 e. The molecule has 1 aromatic rings. The lowest BCUT2D eigenvalue weighted by Gasteiger charge is -2.23. The van der Waals surface area contributed by atoms with E-state index in [1.165, 1.54) is 24.8 Å². The summed E-state index contributed by atoms with van der Waals surface area (Å²) in [5.41, 5.74) is 1.20. The van der Waals surface area contributed by atoms with Gasteiger partial charge in [0.2, 0.25) is 0 Å². The van der Waals surface area contributed by atoms with Crippen LogP contribution >= 0.6 is 11.6 Å². The van der Waals surface area contributed by atoms with Crippen LogP contribution in [0, 0.1) is 0 Å². The zero-order valence-electron chi connectivity index (χ0n) is 11.9. The van der Waals surface area contributed by atoms with Gasteiger partial charge >= 0.3 is 0 Å². The van der Waals surface area contributed by atoms with E-state index in [1.807, 2.05) is 18.2 Å². The van der Waals surface area contributed by atoms with Crippen LogP contribution in [0.25, 0.3) is 0 Å². The second kappa shape index (κ2) is 7.16. The van der Waals surface area contributed by atoms with Crippen molar-refractivity contribution in [2.45, 2.75) is 51.5 Å². The summed E-state index contributed by atoms with van der Waals surface area (Å²) in [7, 11) is 0. The van der Waals surface area contributed by atoms with Gasteiger partial charge in [-0.1, -0.05) is 31.9 Å². The van der Waals surface area contributed by atoms with Crippen molar-refractivity contribution in [3.63, 3.8) is 0 Å². The maximum absolute atomic E-state index is 6.05. The molecule has 1 atom stereocenters. The molecule has 2 rings (SSSR count). The van der Waals surface area contributed by atoms with Gasteiger partial charge < -0.3 is 10.1 Å². The SMILES string of the molecule is CC(C)c1cc(Cl)ccc1OCC[C@H]1CCCCN1. The minimum atomic E-state index is 0.432. The fraction of sp³-hybridized carbons (Fsp3) is 0.625. The Hall–Kier alpha value is -0.730. The van der Waals surface area contributed by atoms with Crippen molar-refractivity contribution in [1.82, 2.24) is 5.32 Å². The molecule has 0 radical (unpaired) electrons. The monoisotopic (exact) mass is 281 g/mol. The van der Waals surface area contributed by atoms with Crippen LogP contribution in [0.3, 0.4) is 0 Å². The molecule has 0 aliphatic carbocycles. The molecule has 0 aromatic heterocycles. The highest BCUT2D eigenvalue weighted by Crippen LogP contribution is 2.29. The molecular formula is C16H24ClNO. The number of nitrogens with one attached hydrogen (secondary N) is 1. The summed E-state index contributed by atoms with van der Waals surface area (Å²) in [6, 6.07) is 6.54. The first-order valence-electron chi connectivity index (χ1n) is 7.32. The van der Waals surface area contributed by atoms with Crippen LogP contribution in [0.1, 0.15) is 51.0 Å². The van der Waals surface area contributed by atoms with Gasteiger partial charge in [0.25, 0.3) is 0 Å². The highest BCUT2D eigenvalue weighted by Gasteiger charge is 2.13. The van der Waals surface area contributed by atoms with Crippen LogP contribution < -0.4 is 10.1 Å². The highest BCUT2D eigenvalue weighted by atomic mass is 35.5. The summed E-state index contributed by atoms with van der Waals surface area (Å²) in [6.07, 6.45) is 5.02. The van der Waals surface area contributed by atoms with Gasteiger partial charge in [0, 0.05) is 11.1 Å². The van der Waals surface area contributed by atoms with Crippen LogP contribution in [0.2, 0.25) is 5.02 Å². The van der Waals surface area contributed by atoms with Crippen LogP contribution in [-0.4, -0.2) is 19.2 Å². The largest absolute Gasteiger partial charge is 0.493 e. The van der Waals surface area contributed by atoms with Gasteiger partial charge in [0.15, 0.2) is 0 Å². The van der Waals surface area contributed by atoms with E-state index in [-0.39, 0.29) is 0 Å². The lowest BCUT2D eigenvalue weighted by molar-refractivity contribution is 0.265. The molecule has 0 unspecified atom stereocenters. The van der Waals surface area contributed by atoms with Crippen molar-refractivity contribution in [2.75, 3.05) is 13.2 Å². The van der Waals surface area contributed by atoms with E-state index in [0.29, 0.717) is 12.0 Å². The van der Waals surface area contributed by atoms with Crippen LogP contribution in [0.4, 0.5) is 0 Å². The summed E-state index contributed by atoms with van der Waals surface area (Å²) in [5, 5.41) is 4.33. The molecule has 1 aromatic carbocycles. The third kappa shape index (κ3) is 4.39. The number of ether oxygens (including phenoxy) is 1. The Labute approximate surface area is 121 Å². The number of hydrogen-bond acceptors (Lipinski definition) is 2. The summed E-state index contributed by atoms with van der Waals surface area (Å²) in [6.45, 7) is 6.27. The van der Waals surface area contributed by atoms with E-state index < -0.39 is 0 Å². The smallest absolute Gasteiger partial charge is 0.122 e. The standard InChI is InChI=1S/C16H24ClNO/c1-12(2)15-11-13(17)6-7-16(15)19-10-8-14-5-3-4-9-18-14/h6-7,11-12,14,18H,3-5,8-10H2,1-2H3/t14-/m1/s1. The average molecular weight is 282 g/mol. The topological polar surface area (TPSA) is 21.3 Å². The van der Waals surface area contributed by atoms with E-state index in [4.69, 9.17) is 16.3 Å². The molecule has 0 bridgehead atoms. The van der Waals surface area contributed by atoms with Gasteiger partial charge in [-0.05, 0) is 55.5 Å². The Kier molecular flexibility index (Phi) is 5.53. The zero-order chi connectivity index (χ0) is 13.7. The molecule has 0 amide bonds. The van der Waals surface area contributed by atoms with E-state index >= 15 is 0 Å². The van der Waals surface area contributed by atoms with Crippen molar-refractivity contribution >= 4 is 11.6 Å². The van der Waals surface area contributed by atoms with Crippen molar-refractivity contribution in [3.8, 4) is 5.75 Å². The lowest BCUT2D eigenvalue weighted by atomic mass is 10.0. The molecule has 1 fully saturated rings. The van der Waals surface area contributed by atoms with E-state index in [0.717, 1.165) is 30.3 Å². The van der Waals surface area contributed by atoms with E-state index in [9.17, 15) is 0 Å². The van der Waals surface area contributed by atoms with Crippen molar-refractivity contribution < 1.29 is 4.74 Å². The van der Waals surface area contributed by atoms with E-state index in [2.05, 4.69) is 19.2 Å². The molecule has 3 heteroatoms. The Bertz CT molecular complexity index is 400. The average Bonchev–Trinajstić information content (AvgIpc) is 2.41. The maximum atomic E-state index is 6.05. The molecule has 1 heterocycles. The lowest BCUT2D eigenvalue weighted by Crippen LogP contribution is -2.35. The fourth-order valence-corrected chi connectivity index (χ4v) is 2.76. The summed E-state index contributed by atoms with van der Waals surface area (Å²) in [4.78, 5) is 0. The van der Waals surface area contributed by atoms with Gasteiger partial charge in [-0.3, -0.25) is 0 Å². The first kappa shape index (κ1) is 14.7. The summed E-state index contributed by atoms with van der Waals surface area (Å²) >= 11 is 6.05. The quantitative estimate of drug-likeness (QED) is 0.865. The third-order valence-corrected chi connectivity index (χ3v) is 3.97. The summed E-state index contributed by atoms with van der Waals surface area (Å²) < 4.78 is 5.96. The van der Waals surface area contributed by atoms with Crippen LogP contribution in [-0.2, 0) is 0 Å². The molecule has 1 saturated heterocycles.